The molecule has 0 aliphatic heterocycles. The van der Waals surface area contributed by atoms with Crippen LogP contribution in [0.2, 0.25) is 5.02 Å². The van der Waals surface area contributed by atoms with Gasteiger partial charge in [-0.05, 0) is 37.6 Å². The summed E-state index contributed by atoms with van der Waals surface area (Å²) in [6, 6.07) is 7.48. The second-order valence-electron chi connectivity index (χ2n) is 4.52. The maximum atomic E-state index is 6.06. The Morgan fingerprint density at radius 1 is 1.45 bits per heavy atom. The summed E-state index contributed by atoms with van der Waals surface area (Å²) in [6.45, 7) is 4.80. The van der Waals surface area contributed by atoms with Gasteiger partial charge in [0.2, 0.25) is 0 Å². The molecule has 0 saturated heterocycles. The molecule has 0 radical (unpaired) electrons. The van der Waals surface area contributed by atoms with Crippen molar-refractivity contribution in [3.63, 3.8) is 0 Å². The lowest BCUT2D eigenvalue weighted by Gasteiger charge is -2.18. The SMILES string of the molecule is CCn1nc(C)cc1C(NN)c1ccc(Cl)c(OC)c1. The topological polar surface area (TPSA) is 65.1 Å². The minimum Gasteiger partial charge on any atom is -0.495 e. The summed E-state index contributed by atoms with van der Waals surface area (Å²) in [5, 5.41) is 5.02. The van der Waals surface area contributed by atoms with Crippen molar-refractivity contribution in [3.05, 3.63) is 46.2 Å². The Morgan fingerprint density at radius 2 is 2.20 bits per heavy atom. The molecule has 2 aromatic rings. The van der Waals surface area contributed by atoms with Crippen molar-refractivity contribution in [1.82, 2.24) is 15.2 Å². The summed E-state index contributed by atoms with van der Waals surface area (Å²) in [6.07, 6.45) is 0. The summed E-state index contributed by atoms with van der Waals surface area (Å²) in [7, 11) is 1.59. The van der Waals surface area contributed by atoms with Crippen molar-refractivity contribution in [1.29, 1.82) is 0 Å². The highest BCUT2D eigenvalue weighted by Gasteiger charge is 2.19. The zero-order valence-corrected chi connectivity index (χ0v) is 12.6. The third-order valence-electron chi connectivity index (χ3n) is 3.20. The van der Waals surface area contributed by atoms with Gasteiger partial charge in [0.1, 0.15) is 5.75 Å². The summed E-state index contributed by atoms with van der Waals surface area (Å²) in [5.74, 6) is 6.36. The molecule has 0 fully saturated rings. The molecule has 1 aromatic carbocycles. The number of nitrogens with zero attached hydrogens (tertiary/aromatic N) is 2. The van der Waals surface area contributed by atoms with Crippen molar-refractivity contribution >= 4 is 11.6 Å². The van der Waals surface area contributed by atoms with E-state index in [9.17, 15) is 0 Å². The number of ether oxygens (including phenoxy) is 1. The van der Waals surface area contributed by atoms with Gasteiger partial charge in [-0.1, -0.05) is 17.7 Å². The van der Waals surface area contributed by atoms with Crippen LogP contribution >= 0.6 is 11.6 Å². The molecule has 1 heterocycles. The fourth-order valence-corrected chi connectivity index (χ4v) is 2.45. The lowest BCUT2D eigenvalue weighted by Crippen LogP contribution is -2.30. The van der Waals surface area contributed by atoms with Gasteiger partial charge in [-0.15, -0.1) is 0 Å². The number of hydrogen-bond acceptors (Lipinski definition) is 4. The van der Waals surface area contributed by atoms with E-state index in [1.54, 1.807) is 13.2 Å². The third kappa shape index (κ3) is 2.80. The highest BCUT2D eigenvalue weighted by molar-refractivity contribution is 6.32. The lowest BCUT2D eigenvalue weighted by atomic mass is 10.0. The first-order valence-corrected chi connectivity index (χ1v) is 6.82. The number of rotatable bonds is 5. The Bertz CT molecular complexity index is 597. The summed E-state index contributed by atoms with van der Waals surface area (Å²) in [5.41, 5.74) is 5.78. The number of halogens is 1. The molecule has 1 unspecified atom stereocenters. The molecule has 2 rings (SSSR count). The van der Waals surface area contributed by atoms with Crippen molar-refractivity contribution < 1.29 is 4.74 Å². The van der Waals surface area contributed by atoms with Gasteiger partial charge in [-0.3, -0.25) is 10.5 Å². The molecular formula is C14H19ClN4O. The van der Waals surface area contributed by atoms with E-state index in [0.29, 0.717) is 10.8 Å². The molecule has 1 aromatic heterocycles. The number of benzene rings is 1. The van der Waals surface area contributed by atoms with Gasteiger partial charge >= 0.3 is 0 Å². The maximum Gasteiger partial charge on any atom is 0.137 e. The Labute approximate surface area is 123 Å². The molecule has 0 saturated carbocycles. The van der Waals surface area contributed by atoms with Crippen LogP contribution in [-0.2, 0) is 6.54 Å². The maximum absolute atomic E-state index is 6.06. The van der Waals surface area contributed by atoms with Gasteiger partial charge in [0.15, 0.2) is 0 Å². The van der Waals surface area contributed by atoms with E-state index >= 15 is 0 Å². The van der Waals surface area contributed by atoms with Crippen molar-refractivity contribution in [2.24, 2.45) is 5.84 Å². The van der Waals surface area contributed by atoms with E-state index < -0.39 is 0 Å². The molecule has 108 valence electrons. The highest BCUT2D eigenvalue weighted by Crippen LogP contribution is 2.30. The van der Waals surface area contributed by atoms with Crippen LogP contribution < -0.4 is 16.0 Å². The number of aromatic nitrogens is 2. The molecular weight excluding hydrogens is 276 g/mol. The van der Waals surface area contributed by atoms with E-state index in [1.165, 1.54) is 0 Å². The van der Waals surface area contributed by atoms with E-state index in [1.807, 2.05) is 36.7 Å². The van der Waals surface area contributed by atoms with Crippen LogP contribution in [0.5, 0.6) is 5.75 Å². The normalized spacial score (nSPS) is 12.4. The molecule has 6 heteroatoms. The largest absolute Gasteiger partial charge is 0.495 e. The number of hydrazine groups is 1. The third-order valence-corrected chi connectivity index (χ3v) is 3.52. The van der Waals surface area contributed by atoms with Gasteiger partial charge in [0.25, 0.3) is 0 Å². The highest BCUT2D eigenvalue weighted by atomic mass is 35.5. The van der Waals surface area contributed by atoms with E-state index in [4.69, 9.17) is 22.2 Å². The first-order chi connectivity index (χ1) is 9.60. The van der Waals surface area contributed by atoms with Gasteiger partial charge in [-0.25, -0.2) is 5.43 Å². The van der Waals surface area contributed by atoms with Gasteiger partial charge in [0.05, 0.1) is 29.6 Å². The van der Waals surface area contributed by atoms with Crippen LogP contribution in [0.15, 0.2) is 24.3 Å². The second-order valence-corrected chi connectivity index (χ2v) is 4.93. The first-order valence-electron chi connectivity index (χ1n) is 6.44. The number of hydrogen-bond donors (Lipinski definition) is 2. The second kappa shape index (κ2) is 6.26. The molecule has 0 spiro atoms. The summed E-state index contributed by atoms with van der Waals surface area (Å²) < 4.78 is 7.19. The average Bonchev–Trinajstić information content (AvgIpc) is 2.82. The molecule has 0 amide bonds. The smallest absolute Gasteiger partial charge is 0.137 e. The van der Waals surface area contributed by atoms with Crippen LogP contribution in [0.1, 0.15) is 29.9 Å². The van der Waals surface area contributed by atoms with Crippen LogP contribution in [0, 0.1) is 6.92 Å². The molecule has 5 nitrogen and oxygen atoms in total. The molecule has 20 heavy (non-hydrogen) atoms. The first kappa shape index (κ1) is 14.8. The zero-order valence-electron chi connectivity index (χ0n) is 11.9. The number of methoxy groups -OCH3 is 1. The molecule has 0 aliphatic rings. The predicted octanol–water partition coefficient (Wildman–Crippen LogP) is 2.43. The van der Waals surface area contributed by atoms with Gasteiger partial charge < -0.3 is 4.74 Å². The van der Waals surface area contributed by atoms with E-state index in [2.05, 4.69) is 10.5 Å². The number of nitrogens with one attached hydrogen (secondary N) is 1. The van der Waals surface area contributed by atoms with Crippen LogP contribution in [-0.4, -0.2) is 16.9 Å². The zero-order chi connectivity index (χ0) is 14.7. The van der Waals surface area contributed by atoms with Crippen LogP contribution in [0.25, 0.3) is 0 Å². The summed E-state index contributed by atoms with van der Waals surface area (Å²) in [4.78, 5) is 0. The monoisotopic (exact) mass is 294 g/mol. The fourth-order valence-electron chi connectivity index (χ4n) is 2.26. The Hall–Kier alpha value is -1.56. The summed E-state index contributed by atoms with van der Waals surface area (Å²) >= 11 is 6.06. The van der Waals surface area contributed by atoms with Crippen molar-refractivity contribution in [2.45, 2.75) is 26.4 Å². The number of aryl methyl sites for hydroxylation is 2. The van der Waals surface area contributed by atoms with Gasteiger partial charge in [0, 0.05) is 6.54 Å². The standard InChI is InChI=1S/C14H19ClN4O/c1-4-19-12(7-9(2)18-19)14(17-16)10-5-6-11(15)13(8-10)20-3/h5-8,14,17H,4,16H2,1-3H3. The molecule has 1 atom stereocenters. The fraction of sp³-hybridized carbons (Fsp3) is 0.357. The predicted molar refractivity (Wildman–Crippen MR) is 79.8 cm³/mol. The Kier molecular flexibility index (Phi) is 4.65. The number of nitrogens with two attached hydrogens (primary N) is 1. The Balaban J connectivity index is 2.46. The Morgan fingerprint density at radius 3 is 2.80 bits per heavy atom. The minimum absolute atomic E-state index is 0.165. The lowest BCUT2D eigenvalue weighted by molar-refractivity contribution is 0.413. The van der Waals surface area contributed by atoms with E-state index in [-0.39, 0.29) is 6.04 Å². The van der Waals surface area contributed by atoms with Crippen LogP contribution in [0.3, 0.4) is 0 Å². The van der Waals surface area contributed by atoms with Gasteiger partial charge in [-0.2, -0.15) is 5.10 Å². The van der Waals surface area contributed by atoms with Crippen molar-refractivity contribution in [2.75, 3.05) is 7.11 Å². The quantitative estimate of drug-likeness (QED) is 0.656. The average molecular weight is 295 g/mol. The van der Waals surface area contributed by atoms with E-state index in [0.717, 1.165) is 23.5 Å². The minimum atomic E-state index is -0.165. The van der Waals surface area contributed by atoms with Crippen molar-refractivity contribution in [3.8, 4) is 5.75 Å². The molecule has 3 N–H and O–H groups in total. The van der Waals surface area contributed by atoms with Crippen LogP contribution in [0.4, 0.5) is 0 Å². The molecule has 0 bridgehead atoms. The molecule has 0 aliphatic carbocycles.